The summed E-state index contributed by atoms with van der Waals surface area (Å²) in [5.74, 6) is 2.59. The summed E-state index contributed by atoms with van der Waals surface area (Å²) in [7, 11) is -1.75. The molecule has 4 heteroatoms. The van der Waals surface area contributed by atoms with Gasteiger partial charge < -0.3 is 9.16 Å². The molecule has 1 heterocycles. The molecule has 0 N–H and O–H groups in total. The number of rotatable bonds is 3. The highest BCUT2D eigenvalue weighted by atomic mass is 28.4. The predicted molar refractivity (Wildman–Crippen MR) is 110 cm³/mol. The normalized spacial score (nSPS) is 32.9. The Morgan fingerprint density at radius 1 is 1.22 bits per heavy atom. The maximum Gasteiger partial charge on any atom is 0.241 e. The zero-order chi connectivity index (χ0) is 19.4. The van der Waals surface area contributed by atoms with Gasteiger partial charge in [0.15, 0.2) is 5.78 Å². The number of benzene rings is 1. The standard InChI is InChI=1S/C23H32O3Si/c1-6-15-20(26-27(3,4)5)16-11-7-9-13-18(16)23(2)21(24)17-12-8-10-14-19(17)25-22(15)23/h8,10,12,14-15,18,22H,6-7,9,11,13H2,1-5H3/t15?,18?,22-,23-/m0/s1. The molecule has 2 aliphatic carbocycles. The summed E-state index contributed by atoms with van der Waals surface area (Å²) in [5, 5.41) is 0. The molecule has 4 rings (SSSR count). The Morgan fingerprint density at radius 3 is 2.67 bits per heavy atom. The van der Waals surface area contributed by atoms with Gasteiger partial charge in [0.05, 0.1) is 22.7 Å². The maximum atomic E-state index is 13.7. The van der Waals surface area contributed by atoms with Crippen LogP contribution in [0.2, 0.25) is 19.6 Å². The van der Waals surface area contributed by atoms with Crippen molar-refractivity contribution in [2.75, 3.05) is 0 Å². The Morgan fingerprint density at radius 2 is 1.96 bits per heavy atom. The molecule has 0 amide bonds. The van der Waals surface area contributed by atoms with E-state index in [0.717, 1.165) is 30.6 Å². The van der Waals surface area contributed by atoms with Gasteiger partial charge in [-0.3, -0.25) is 4.79 Å². The van der Waals surface area contributed by atoms with Gasteiger partial charge in [0.1, 0.15) is 11.9 Å². The Kier molecular flexibility index (Phi) is 4.53. The van der Waals surface area contributed by atoms with Crippen molar-refractivity contribution in [1.29, 1.82) is 0 Å². The van der Waals surface area contributed by atoms with E-state index in [1.165, 1.54) is 24.2 Å². The number of hydrogen-bond acceptors (Lipinski definition) is 3. The van der Waals surface area contributed by atoms with E-state index in [4.69, 9.17) is 9.16 Å². The zero-order valence-corrected chi connectivity index (χ0v) is 18.3. The van der Waals surface area contributed by atoms with E-state index in [-0.39, 0.29) is 23.7 Å². The molecular formula is C23H32O3Si. The van der Waals surface area contributed by atoms with Crippen molar-refractivity contribution in [3.8, 4) is 5.75 Å². The molecule has 4 atom stereocenters. The molecule has 0 radical (unpaired) electrons. The first-order chi connectivity index (χ1) is 12.8. The Balaban J connectivity index is 1.89. The average Bonchev–Trinajstić information content (AvgIpc) is 2.64. The van der Waals surface area contributed by atoms with Gasteiger partial charge in [0, 0.05) is 0 Å². The average molecular weight is 385 g/mol. The van der Waals surface area contributed by atoms with Crippen molar-refractivity contribution < 1.29 is 14.0 Å². The monoisotopic (exact) mass is 384 g/mol. The third-order valence-corrected chi connectivity index (χ3v) is 7.51. The van der Waals surface area contributed by atoms with Gasteiger partial charge in [0.25, 0.3) is 0 Å². The van der Waals surface area contributed by atoms with Crippen LogP contribution in [0.3, 0.4) is 0 Å². The third kappa shape index (κ3) is 2.88. The molecule has 27 heavy (non-hydrogen) atoms. The molecule has 3 nitrogen and oxygen atoms in total. The lowest BCUT2D eigenvalue weighted by molar-refractivity contribution is -0.0350. The first kappa shape index (κ1) is 18.8. The number of carbonyl (C=O) groups excluding carboxylic acids is 1. The molecule has 1 aromatic carbocycles. The van der Waals surface area contributed by atoms with E-state index < -0.39 is 13.7 Å². The van der Waals surface area contributed by atoms with E-state index in [9.17, 15) is 4.79 Å². The van der Waals surface area contributed by atoms with E-state index in [2.05, 4.69) is 33.5 Å². The lowest BCUT2D eigenvalue weighted by Crippen LogP contribution is -2.59. The predicted octanol–water partition coefficient (Wildman–Crippen LogP) is 5.97. The molecule has 146 valence electrons. The second kappa shape index (κ2) is 6.51. The summed E-state index contributed by atoms with van der Waals surface area (Å²) in [4.78, 5) is 13.7. The molecule has 1 fully saturated rings. The Hall–Kier alpha value is -1.55. The highest BCUT2D eigenvalue weighted by Crippen LogP contribution is 2.58. The quantitative estimate of drug-likeness (QED) is 0.602. The van der Waals surface area contributed by atoms with Crippen molar-refractivity contribution in [3.63, 3.8) is 0 Å². The lowest BCUT2D eigenvalue weighted by Gasteiger charge is -2.54. The van der Waals surface area contributed by atoms with Crippen molar-refractivity contribution in [1.82, 2.24) is 0 Å². The summed E-state index contributed by atoms with van der Waals surface area (Å²) in [6, 6.07) is 7.78. The van der Waals surface area contributed by atoms with E-state index in [1.807, 2.05) is 24.3 Å². The first-order valence-electron chi connectivity index (χ1n) is 10.5. The number of ketones is 1. The molecule has 1 aromatic rings. The van der Waals surface area contributed by atoms with Crippen LogP contribution in [0.5, 0.6) is 5.75 Å². The van der Waals surface area contributed by atoms with Crippen LogP contribution in [-0.4, -0.2) is 20.2 Å². The summed E-state index contributed by atoms with van der Waals surface area (Å²) >= 11 is 0. The van der Waals surface area contributed by atoms with E-state index >= 15 is 0 Å². The van der Waals surface area contributed by atoms with Gasteiger partial charge in [-0.05, 0) is 75.9 Å². The number of Topliss-reactive ketones (excluding diaryl/α,β-unsaturated/α-hetero) is 1. The molecule has 0 bridgehead atoms. The van der Waals surface area contributed by atoms with Gasteiger partial charge in [-0.2, -0.15) is 0 Å². The van der Waals surface area contributed by atoms with E-state index in [0.29, 0.717) is 0 Å². The highest BCUT2D eigenvalue weighted by Gasteiger charge is 2.60. The number of para-hydroxylation sites is 1. The van der Waals surface area contributed by atoms with Crippen LogP contribution in [0.1, 0.15) is 56.3 Å². The van der Waals surface area contributed by atoms with Crippen molar-refractivity contribution >= 4 is 14.1 Å². The van der Waals surface area contributed by atoms with Gasteiger partial charge in [-0.1, -0.05) is 25.5 Å². The van der Waals surface area contributed by atoms with Gasteiger partial charge >= 0.3 is 0 Å². The zero-order valence-electron chi connectivity index (χ0n) is 17.3. The highest BCUT2D eigenvalue weighted by molar-refractivity contribution is 6.70. The summed E-state index contributed by atoms with van der Waals surface area (Å²) < 4.78 is 13.3. The van der Waals surface area contributed by atoms with Crippen LogP contribution in [0.25, 0.3) is 0 Å². The summed E-state index contributed by atoms with van der Waals surface area (Å²) in [6.45, 7) is 11.1. The van der Waals surface area contributed by atoms with Gasteiger partial charge in [-0.25, -0.2) is 0 Å². The van der Waals surface area contributed by atoms with Crippen LogP contribution >= 0.6 is 0 Å². The lowest BCUT2D eigenvalue weighted by atomic mass is 9.54. The molecule has 1 aliphatic heterocycles. The van der Waals surface area contributed by atoms with Crippen molar-refractivity contribution in [2.45, 2.75) is 71.7 Å². The molecule has 0 saturated heterocycles. The first-order valence-corrected chi connectivity index (χ1v) is 13.9. The Bertz CT molecular complexity index is 791. The van der Waals surface area contributed by atoms with Crippen molar-refractivity contribution in [3.05, 3.63) is 41.2 Å². The fraction of sp³-hybridized carbons (Fsp3) is 0.609. The van der Waals surface area contributed by atoms with Crippen molar-refractivity contribution in [2.24, 2.45) is 17.3 Å². The number of carbonyl (C=O) groups is 1. The molecular weight excluding hydrogens is 352 g/mol. The number of allylic oxidation sites excluding steroid dienone is 1. The minimum Gasteiger partial charge on any atom is -0.547 e. The van der Waals surface area contributed by atoms with Crippen LogP contribution in [0.15, 0.2) is 35.6 Å². The van der Waals surface area contributed by atoms with Crippen LogP contribution in [0, 0.1) is 17.3 Å². The SMILES string of the molecule is CCC1C(O[Si](C)(C)C)=C2CCCCC2[C@@]2(C)C(=O)c3ccccc3O[C@@H]12. The second-order valence-electron chi connectivity index (χ2n) is 9.56. The minimum absolute atomic E-state index is 0.136. The number of hydrogen-bond donors (Lipinski definition) is 0. The number of ether oxygens (including phenoxy) is 1. The summed E-state index contributed by atoms with van der Waals surface area (Å²) in [6.07, 6.45) is 5.32. The molecule has 3 aliphatic rings. The topological polar surface area (TPSA) is 35.5 Å². The van der Waals surface area contributed by atoms with Crippen LogP contribution in [0.4, 0.5) is 0 Å². The van der Waals surface area contributed by atoms with Gasteiger partial charge in [0.2, 0.25) is 8.32 Å². The van der Waals surface area contributed by atoms with E-state index in [1.54, 1.807) is 0 Å². The van der Waals surface area contributed by atoms with Gasteiger partial charge in [-0.15, -0.1) is 0 Å². The smallest absolute Gasteiger partial charge is 0.241 e. The number of fused-ring (bicyclic) bond motifs is 4. The summed E-state index contributed by atoms with van der Waals surface area (Å²) in [5.41, 5.74) is 1.69. The van der Waals surface area contributed by atoms with Crippen LogP contribution < -0.4 is 4.74 Å². The largest absolute Gasteiger partial charge is 0.547 e. The Labute approximate surface area is 164 Å². The molecule has 0 spiro atoms. The molecule has 0 aromatic heterocycles. The van der Waals surface area contributed by atoms with Crippen LogP contribution in [-0.2, 0) is 4.43 Å². The fourth-order valence-electron chi connectivity index (χ4n) is 5.51. The maximum absolute atomic E-state index is 13.7. The second-order valence-corrected chi connectivity index (χ2v) is 14.0. The third-order valence-electron chi connectivity index (χ3n) is 6.67. The molecule has 1 saturated carbocycles. The fourth-order valence-corrected chi connectivity index (χ4v) is 6.45. The minimum atomic E-state index is -1.75. The molecule has 2 unspecified atom stereocenters.